The highest BCUT2D eigenvalue weighted by molar-refractivity contribution is 5.89. The fraction of sp³-hybridized carbons (Fsp3) is 0.267. The van der Waals surface area contributed by atoms with E-state index in [1.165, 1.54) is 4.68 Å². The Kier molecular flexibility index (Phi) is 4.59. The van der Waals surface area contributed by atoms with Crippen molar-refractivity contribution in [2.24, 2.45) is 7.05 Å². The highest BCUT2D eigenvalue weighted by atomic mass is 16.5. The summed E-state index contributed by atoms with van der Waals surface area (Å²) in [6, 6.07) is 4.90. The second-order valence-electron chi connectivity index (χ2n) is 5.35. The molecule has 0 saturated heterocycles. The van der Waals surface area contributed by atoms with Crippen LogP contribution in [0.15, 0.2) is 30.6 Å². The van der Waals surface area contributed by atoms with E-state index in [1.807, 2.05) is 13.2 Å². The Morgan fingerprint density at radius 2 is 2.20 bits per heavy atom. The normalized spacial score (nSPS) is 10.5. The summed E-state index contributed by atoms with van der Waals surface area (Å²) in [4.78, 5) is 12.1. The molecule has 1 aromatic carbocycles. The number of carbonyl (C=O) groups excluding carboxylic acids is 1. The van der Waals surface area contributed by atoms with Gasteiger partial charge in [-0.25, -0.2) is 4.79 Å². The number of aryl methyl sites for hydroxylation is 2. The molecule has 0 saturated carbocycles. The summed E-state index contributed by atoms with van der Waals surface area (Å²) >= 11 is 0. The van der Waals surface area contributed by atoms with Gasteiger partial charge in [-0.15, -0.1) is 5.10 Å². The first kappa shape index (κ1) is 16.4. The maximum atomic E-state index is 12.1. The summed E-state index contributed by atoms with van der Waals surface area (Å²) in [5.74, 6) is 1.20. The zero-order valence-corrected chi connectivity index (χ0v) is 14.1. The van der Waals surface area contributed by atoms with Gasteiger partial charge in [0.15, 0.2) is 5.82 Å². The molecular formula is C15H18N8O2. The number of methoxy groups -OCH3 is 1. The number of hydrogen-bond donors (Lipinski definition) is 2. The monoisotopic (exact) mass is 342 g/mol. The van der Waals surface area contributed by atoms with Gasteiger partial charge in [0.1, 0.15) is 11.4 Å². The van der Waals surface area contributed by atoms with Gasteiger partial charge in [0, 0.05) is 31.0 Å². The predicted molar refractivity (Wildman–Crippen MR) is 89.5 cm³/mol. The third-order valence-electron chi connectivity index (χ3n) is 3.50. The quantitative estimate of drug-likeness (QED) is 0.716. The number of amides is 2. The van der Waals surface area contributed by atoms with Gasteiger partial charge >= 0.3 is 6.03 Å². The Balaban J connectivity index is 1.72. The summed E-state index contributed by atoms with van der Waals surface area (Å²) in [6.07, 6.45) is 3.54. The van der Waals surface area contributed by atoms with E-state index in [9.17, 15) is 4.79 Å². The molecule has 10 heteroatoms. The van der Waals surface area contributed by atoms with Gasteiger partial charge in [-0.3, -0.25) is 4.68 Å². The molecule has 25 heavy (non-hydrogen) atoms. The van der Waals surface area contributed by atoms with Gasteiger partial charge in [0.05, 0.1) is 13.3 Å². The molecule has 2 heterocycles. The number of carbonyl (C=O) groups is 1. The van der Waals surface area contributed by atoms with Crippen molar-refractivity contribution in [2.45, 2.75) is 13.5 Å². The minimum Gasteiger partial charge on any atom is -0.494 e. The Bertz CT molecular complexity index is 885. The van der Waals surface area contributed by atoms with Crippen LogP contribution in [0.4, 0.5) is 10.5 Å². The summed E-state index contributed by atoms with van der Waals surface area (Å²) < 4.78 is 8.56. The number of anilines is 1. The van der Waals surface area contributed by atoms with Crippen molar-refractivity contribution in [3.63, 3.8) is 0 Å². The van der Waals surface area contributed by atoms with E-state index in [0.29, 0.717) is 29.5 Å². The molecule has 0 radical (unpaired) electrons. The number of hydrogen-bond acceptors (Lipinski definition) is 6. The molecule has 10 nitrogen and oxygen atoms in total. The zero-order chi connectivity index (χ0) is 17.8. The van der Waals surface area contributed by atoms with Gasteiger partial charge in [-0.2, -0.15) is 9.78 Å². The Labute approximate surface area is 143 Å². The number of ether oxygens (including phenoxy) is 1. The van der Waals surface area contributed by atoms with Crippen molar-refractivity contribution in [3.05, 3.63) is 42.0 Å². The molecule has 0 spiro atoms. The van der Waals surface area contributed by atoms with E-state index in [2.05, 4.69) is 31.3 Å². The van der Waals surface area contributed by atoms with Crippen LogP contribution in [0.3, 0.4) is 0 Å². The van der Waals surface area contributed by atoms with Crippen LogP contribution in [0.25, 0.3) is 5.69 Å². The topological polar surface area (TPSA) is 112 Å². The molecule has 2 amide bonds. The van der Waals surface area contributed by atoms with Crippen molar-refractivity contribution < 1.29 is 9.53 Å². The molecule has 3 rings (SSSR count). The lowest BCUT2D eigenvalue weighted by Gasteiger charge is -2.12. The van der Waals surface area contributed by atoms with Crippen molar-refractivity contribution in [1.82, 2.24) is 35.3 Å². The highest BCUT2D eigenvalue weighted by Gasteiger charge is 2.12. The molecular weight excluding hydrogens is 324 g/mol. The molecule has 0 aliphatic carbocycles. The lowest BCUT2D eigenvalue weighted by molar-refractivity contribution is 0.251. The Morgan fingerprint density at radius 1 is 1.36 bits per heavy atom. The molecule has 130 valence electrons. The second kappa shape index (κ2) is 6.99. The largest absolute Gasteiger partial charge is 0.494 e. The molecule has 0 aliphatic heterocycles. The molecule has 2 N–H and O–H groups in total. The Morgan fingerprint density at radius 3 is 2.84 bits per heavy atom. The zero-order valence-electron chi connectivity index (χ0n) is 14.1. The van der Waals surface area contributed by atoms with Crippen LogP contribution in [-0.4, -0.2) is 43.1 Å². The fourth-order valence-electron chi connectivity index (χ4n) is 2.31. The van der Waals surface area contributed by atoms with Gasteiger partial charge in [-0.1, -0.05) is 0 Å². The molecule has 0 atom stereocenters. The van der Waals surface area contributed by atoms with Gasteiger partial charge in [0.2, 0.25) is 0 Å². The SMILES string of the molecule is COc1ccc(NC(=O)NCc2cnn(C)c2)cc1-n1nnnc1C. The van der Waals surface area contributed by atoms with Crippen LogP contribution >= 0.6 is 0 Å². The minimum atomic E-state index is -0.326. The van der Waals surface area contributed by atoms with Crippen molar-refractivity contribution in [2.75, 3.05) is 12.4 Å². The first-order valence-corrected chi connectivity index (χ1v) is 7.52. The lowest BCUT2D eigenvalue weighted by atomic mass is 10.2. The third-order valence-corrected chi connectivity index (χ3v) is 3.50. The predicted octanol–water partition coefficient (Wildman–Crippen LogP) is 1.03. The first-order chi connectivity index (χ1) is 12.1. The van der Waals surface area contributed by atoms with E-state index in [4.69, 9.17) is 4.74 Å². The van der Waals surface area contributed by atoms with Crippen LogP contribution in [0.5, 0.6) is 5.75 Å². The van der Waals surface area contributed by atoms with E-state index in [-0.39, 0.29) is 6.03 Å². The average molecular weight is 342 g/mol. The standard InChI is InChI=1S/C15H18N8O2/c1-10-19-20-21-23(10)13-6-12(4-5-14(13)25-3)18-15(24)16-7-11-8-17-22(2)9-11/h4-6,8-9H,7H2,1-3H3,(H2,16,18,24). The smallest absolute Gasteiger partial charge is 0.319 e. The van der Waals surface area contributed by atoms with Crippen LogP contribution < -0.4 is 15.4 Å². The number of nitrogens with one attached hydrogen (secondary N) is 2. The molecule has 3 aromatic rings. The van der Waals surface area contributed by atoms with Gasteiger partial charge in [-0.05, 0) is 35.5 Å². The third kappa shape index (κ3) is 3.74. The Hall–Kier alpha value is -3.43. The van der Waals surface area contributed by atoms with E-state index < -0.39 is 0 Å². The molecule has 2 aromatic heterocycles. The van der Waals surface area contributed by atoms with Crippen molar-refractivity contribution in [3.8, 4) is 11.4 Å². The summed E-state index contributed by atoms with van der Waals surface area (Å²) in [7, 11) is 3.38. The number of benzene rings is 1. The highest BCUT2D eigenvalue weighted by Crippen LogP contribution is 2.26. The lowest BCUT2D eigenvalue weighted by Crippen LogP contribution is -2.28. The number of urea groups is 1. The van der Waals surface area contributed by atoms with Gasteiger partial charge < -0.3 is 15.4 Å². The summed E-state index contributed by atoms with van der Waals surface area (Å²) in [5, 5.41) is 21.0. The number of tetrazole rings is 1. The van der Waals surface area contributed by atoms with Crippen LogP contribution in [0.2, 0.25) is 0 Å². The maximum Gasteiger partial charge on any atom is 0.319 e. The number of rotatable bonds is 5. The molecule has 0 unspecified atom stereocenters. The van der Waals surface area contributed by atoms with Crippen LogP contribution in [-0.2, 0) is 13.6 Å². The summed E-state index contributed by atoms with van der Waals surface area (Å²) in [5.41, 5.74) is 2.14. The fourth-order valence-corrected chi connectivity index (χ4v) is 2.31. The maximum absolute atomic E-state index is 12.1. The van der Waals surface area contributed by atoms with Gasteiger partial charge in [0.25, 0.3) is 0 Å². The average Bonchev–Trinajstić information content (AvgIpc) is 3.21. The number of aromatic nitrogens is 6. The summed E-state index contributed by atoms with van der Waals surface area (Å²) in [6.45, 7) is 2.16. The molecule has 0 aliphatic rings. The molecule has 0 bridgehead atoms. The first-order valence-electron chi connectivity index (χ1n) is 7.52. The van der Waals surface area contributed by atoms with E-state index >= 15 is 0 Å². The second-order valence-corrected chi connectivity index (χ2v) is 5.35. The van der Waals surface area contributed by atoms with E-state index in [0.717, 1.165) is 5.56 Å². The van der Waals surface area contributed by atoms with Crippen LogP contribution in [0, 0.1) is 6.92 Å². The molecule has 0 fully saturated rings. The van der Waals surface area contributed by atoms with Crippen LogP contribution in [0.1, 0.15) is 11.4 Å². The van der Waals surface area contributed by atoms with Crippen molar-refractivity contribution >= 4 is 11.7 Å². The minimum absolute atomic E-state index is 0.326. The number of nitrogens with zero attached hydrogens (tertiary/aromatic N) is 6. The van der Waals surface area contributed by atoms with E-state index in [1.54, 1.807) is 43.1 Å². The van der Waals surface area contributed by atoms with Crippen molar-refractivity contribution in [1.29, 1.82) is 0 Å².